The molecule has 0 saturated carbocycles. The van der Waals surface area contributed by atoms with Crippen LogP contribution in [0.25, 0.3) is 0 Å². The molecule has 0 aliphatic carbocycles. The van der Waals surface area contributed by atoms with E-state index < -0.39 is 0 Å². The maximum atomic E-state index is 13.8. The topological polar surface area (TPSA) is 12.0 Å². The molecule has 2 aromatic carbocycles. The van der Waals surface area contributed by atoms with Crippen molar-refractivity contribution in [2.45, 2.75) is 39.8 Å². The molecule has 0 aliphatic heterocycles. The Bertz CT molecular complexity index is 592. The van der Waals surface area contributed by atoms with Gasteiger partial charge in [0.2, 0.25) is 0 Å². The van der Waals surface area contributed by atoms with Gasteiger partial charge in [-0.25, -0.2) is 4.39 Å². The van der Waals surface area contributed by atoms with E-state index >= 15 is 0 Å². The van der Waals surface area contributed by atoms with Crippen molar-refractivity contribution in [3.63, 3.8) is 0 Å². The molecule has 0 radical (unpaired) electrons. The van der Waals surface area contributed by atoms with Gasteiger partial charge in [0.15, 0.2) is 0 Å². The number of rotatable bonds is 4. The molecule has 0 aromatic heterocycles. The summed E-state index contributed by atoms with van der Waals surface area (Å²) in [5.41, 5.74) is 4.49. The minimum atomic E-state index is -0.152. The Hall–Kier alpha value is -1.67. The van der Waals surface area contributed by atoms with E-state index in [2.05, 4.69) is 44.3 Å². The van der Waals surface area contributed by atoms with Gasteiger partial charge >= 0.3 is 0 Å². The highest BCUT2D eigenvalue weighted by molar-refractivity contribution is 5.33. The minimum Gasteiger partial charge on any atom is -0.304 e. The molecule has 0 heterocycles. The van der Waals surface area contributed by atoms with Crippen molar-refractivity contribution in [1.29, 1.82) is 0 Å². The second kappa shape index (κ2) is 6.19. The Labute approximate surface area is 120 Å². The van der Waals surface area contributed by atoms with Crippen LogP contribution in [0, 0.1) is 19.7 Å². The van der Waals surface area contributed by atoms with E-state index in [9.17, 15) is 4.39 Å². The standard InChI is InChI=1S/C18H22FN/c1-12-9-10-13(2)17(11-12)15(4)20-14(3)16-7-5-6-8-18(16)19/h5-11,14-15,20H,1-4H3/t14-,15?/m1/s1. The van der Waals surface area contributed by atoms with Crippen LogP contribution in [0.3, 0.4) is 0 Å². The summed E-state index contributed by atoms with van der Waals surface area (Å²) in [6.45, 7) is 8.33. The van der Waals surface area contributed by atoms with Gasteiger partial charge in [-0.3, -0.25) is 0 Å². The molecule has 0 saturated heterocycles. The molecule has 0 amide bonds. The Kier molecular flexibility index (Phi) is 4.56. The molecule has 1 nitrogen and oxygen atoms in total. The predicted octanol–water partition coefficient (Wildman–Crippen LogP) is 4.85. The molecule has 2 heteroatoms. The molecule has 20 heavy (non-hydrogen) atoms. The average molecular weight is 271 g/mol. The Morgan fingerprint density at radius 3 is 2.25 bits per heavy atom. The molecule has 0 fully saturated rings. The highest BCUT2D eigenvalue weighted by Crippen LogP contribution is 2.24. The largest absolute Gasteiger partial charge is 0.304 e. The maximum Gasteiger partial charge on any atom is 0.127 e. The summed E-state index contributed by atoms with van der Waals surface area (Å²) in [6, 6.07) is 13.6. The van der Waals surface area contributed by atoms with Crippen molar-refractivity contribution in [3.8, 4) is 0 Å². The van der Waals surface area contributed by atoms with E-state index in [1.807, 2.05) is 19.1 Å². The Balaban J connectivity index is 2.17. The van der Waals surface area contributed by atoms with Gasteiger partial charge in [-0.2, -0.15) is 0 Å². The molecule has 1 N–H and O–H groups in total. The fourth-order valence-electron chi connectivity index (χ4n) is 2.61. The monoisotopic (exact) mass is 271 g/mol. The lowest BCUT2D eigenvalue weighted by atomic mass is 9.98. The summed E-state index contributed by atoms with van der Waals surface area (Å²) in [5, 5.41) is 3.48. The van der Waals surface area contributed by atoms with Crippen LogP contribution in [0.4, 0.5) is 4.39 Å². The van der Waals surface area contributed by atoms with E-state index in [4.69, 9.17) is 0 Å². The first-order chi connectivity index (χ1) is 9.49. The van der Waals surface area contributed by atoms with Gasteiger partial charge in [0.05, 0.1) is 0 Å². The van der Waals surface area contributed by atoms with E-state index in [1.165, 1.54) is 22.8 Å². The van der Waals surface area contributed by atoms with Gasteiger partial charge < -0.3 is 5.32 Å². The van der Waals surface area contributed by atoms with Gasteiger partial charge in [-0.15, -0.1) is 0 Å². The normalized spacial score (nSPS) is 14.1. The Morgan fingerprint density at radius 1 is 0.900 bits per heavy atom. The molecule has 0 bridgehead atoms. The summed E-state index contributed by atoms with van der Waals surface area (Å²) in [5.74, 6) is -0.152. The number of hydrogen-bond acceptors (Lipinski definition) is 1. The number of nitrogens with one attached hydrogen (secondary N) is 1. The van der Waals surface area contributed by atoms with Crippen molar-refractivity contribution >= 4 is 0 Å². The summed E-state index contributed by atoms with van der Waals surface area (Å²) >= 11 is 0. The lowest BCUT2D eigenvalue weighted by Gasteiger charge is -2.23. The zero-order valence-corrected chi connectivity index (χ0v) is 12.6. The number of hydrogen-bond donors (Lipinski definition) is 1. The average Bonchev–Trinajstić information content (AvgIpc) is 2.41. The highest BCUT2D eigenvalue weighted by Gasteiger charge is 2.15. The van der Waals surface area contributed by atoms with Crippen LogP contribution in [-0.2, 0) is 0 Å². The maximum absolute atomic E-state index is 13.8. The lowest BCUT2D eigenvalue weighted by Crippen LogP contribution is -2.23. The number of aryl methyl sites for hydroxylation is 2. The zero-order chi connectivity index (χ0) is 14.7. The summed E-state index contributed by atoms with van der Waals surface area (Å²) in [4.78, 5) is 0. The van der Waals surface area contributed by atoms with Crippen molar-refractivity contribution < 1.29 is 4.39 Å². The molecular formula is C18H22FN. The van der Waals surface area contributed by atoms with Crippen LogP contribution >= 0.6 is 0 Å². The van der Waals surface area contributed by atoms with E-state index in [1.54, 1.807) is 6.07 Å². The molecule has 2 rings (SSSR count). The summed E-state index contributed by atoms with van der Waals surface area (Å²) in [6.07, 6.45) is 0. The van der Waals surface area contributed by atoms with Crippen LogP contribution in [0.15, 0.2) is 42.5 Å². The smallest absolute Gasteiger partial charge is 0.127 e. The molecule has 2 atom stereocenters. The first-order valence-corrected chi connectivity index (χ1v) is 7.06. The number of halogens is 1. The third-order valence-electron chi connectivity index (χ3n) is 3.77. The van der Waals surface area contributed by atoms with Crippen molar-refractivity contribution in [2.75, 3.05) is 0 Å². The third kappa shape index (κ3) is 3.26. The SMILES string of the molecule is Cc1ccc(C)c(C(C)N[C@H](C)c2ccccc2F)c1. The van der Waals surface area contributed by atoms with Gasteiger partial charge in [-0.05, 0) is 44.9 Å². The second-order valence-corrected chi connectivity index (χ2v) is 5.49. The molecule has 106 valence electrons. The molecular weight excluding hydrogens is 249 g/mol. The molecule has 0 spiro atoms. The molecule has 1 unspecified atom stereocenters. The van der Waals surface area contributed by atoms with Crippen LogP contribution in [0.5, 0.6) is 0 Å². The van der Waals surface area contributed by atoms with E-state index in [0.29, 0.717) is 5.56 Å². The van der Waals surface area contributed by atoms with Crippen molar-refractivity contribution in [1.82, 2.24) is 5.32 Å². The summed E-state index contributed by atoms with van der Waals surface area (Å²) < 4.78 is 13.8. The minimum absolute atomic E-state index is 0.0221. The van der Waals surface area contributed by atoms with Crippen molar-refractivity contribution in [2.24, 2.45) is 0 Å². The fourth-order valence-corrected chi connectivity index (χ4v) is 2.61. The first-order valence-electron chi connectivity index (χ1n) is 7.06. The quantitative estimate of drug-likeness (QED) is 0.837. The van der Waals surface area contributed by atoms with Gasteiger partial charge in [-0.1, -0.05) is 42.0 Å². The second-order valence-electron chi connectivity index (χ2n) is 5.49. The van der Waals surface area contributed by atoms with Crippen molar-refractivity contribution in [3.05, 3.63) is 70.5 Å². The van der Waals surface area contributed by atoms with Crippen LogP contribution in [0.2, 0.25) is 0 Å². The first kappa shape index (κ1) is 14.7. The van der Waals surface area contributed by atoms with Gasteiger partial charge in [0, 0.05) is 17.6 Å². The van der Waals surface area contributed by atoms with Gasteiger partial charge in [0.25, 0.3) is 0 Å². The van der Waals surface area contributed by atoms with Crippen LogP contribution in [-0.4, -0.2) is 0 Å². The lowest BCUT2D eigenvalue weighted by molar-refractivity contribution is 0.473. The Morgan fingerprint density at radius 2 is 1.55 bits per heavy atom. The van der Waals surface area contributed by atoms with Crippen LogP contribution in [0.1, 0.15) is 48.2 Å². The zero-order valence-electron chi connectivity index (χ0n) is 12.6. The third-order valence-corrected chi connectivity index (χ3v) is 3.77. The predicted molar refractivity (Wildman–Crippen MR) is 82.3 cm³/mol. The fraction of sp³-hybridized carbons (Fsp3) is 0.333. The summed E-state index contributed by atoms with van der Waals surface area (Å²) in [7, 11) is 0. The van der Waals surface area contributed by atoms with Gasteiger partial charge in [0.1, 0.15) is 5.82 Å². The molecule has 2 aromatic rings. The van der Waals surface area contributed by atoms with Crippen LogP contribution < -0.4 is 5.32 Å². The van der Waals surface area contributed by atoms with E-state index in [0.717, 1.165) is 0 Å². The highest BCUT2D eigenvalue weighted by atomic mass is 19.1. The van der Waals surface area contributed by atoms with E-state index in [-0.39, 0.29) is 17.9 Å². The molecule has 0 aliphatic rings. The number of benzene rings is 2.